The SMILES string of the molecule is CC1(OC(=O)N2CC3COCC(C2)C3I)CC1. The first-order valence-corrected chi connectivity index (χ1v) is 7.52. The number of alkyl halides is 1. The molecule has 2 atom stereocenters. The fourth-order valence-electron chi connectivity index (χ4n) is 2.59. The number of carbonyl (C=O) groups excluding carboxylic acids is 1. The number of piperidine rings is 1. The van der Waals surface area contributed by atoms with Crippen molar-refractivity contribution in [3.05, 3.63) is 0 Å². The Morgan fingerprint density at radius 2 is 1.94 bits per heavy atom. The van der Waals surface area contributed by atoms with Gasteiger partial charge in [0.05, 0.1) is 13.2 Å². The molecule has 0 radical (unpaired) electrons. The number of likely N-dealkylation sites (tertiary alicyclic amines) is 1. The second-order valence-electron chi connectivity index (χ2n) is 5.72. The number of hydrogen-bond donors (Lipinski definition) is 0. The zero-order valence-electron chi connectivity index (χ0n) is 10.0. The lowest BCUT2D eigenvalue weighted by atomic mass is 9.88. The molecule has 2 unspecified atom stereocenters. The molecule has 2 bridgehead atoms. The number of fused-ring (bicyclic) bond motifs is 2. The lowest BCUT2D eigenvalue weighted by Gasteiger charge is -2.44. The van der Waals surface area contributed by atoms with Gasteiger partial charge in [-0.1, -0.05) is 22.6 Å². The van der Waals surface area contributed by atoms with Crippen LogP contribution in [0.15, 0.2) is 0 Å². The molecule has 0 N–H and O–H groups in total. The highest BCUT2D eigenvalue weighted by molar-refractivity contribution is 14.1. The third kappa shape index (κ3) is 2.41. The van der Waals surface area contributed by atoms with Gasteiger partial charge >= 0.3 is 6.09 Å². The molecule has 0 aromatic heterocycles. The molecule has 3 aliphatic rings. The summed E-state index contributed by atoms with van der Waals surface area (Å²) in [6.45, 7) is 5.16. The van der Waals surface area contributed by atoms with Crippen LogP contribution in [0.5, 0.6) is 0 Å². The minimum Gasteiger partial charge on any atom is -0.443 e. The number of halogens is 1. The molecule has 1 aliphatic carbocycles. The minimum atomic E-state index is -0.163. The van der Waals surface area contributed by atoms with Gasteiger partial charge in [-0.15, -0.1) is 0 Å². The van der Waals surface area contributed by atoms with Crippen molar-refractivity contribution in [2.45, 2.75) is 29.3 Å². The third-order valence-corrected chi connectivity index (χ3v) is 6.05. The van der Waals surface area contributed by atoms with Gasteiger partial charge in [-0.25, -0.2) is 4.79 Å². The van der Waals surface area contributed by atoms with Crippen molar-refractivity contribution >= 4 is 28.7 Å². The van der Waals surface area contributed by atoms with Crippen molar-refractivity contribution < 1.29 is 14.3 Å². The Balaban J connectivity index is 1.63. The van der Waals surface area contributed by atoms with Crippen LogP contribution in [0.3, 0.4) is 0 Å². The Labute approximate surface area is 115 Å². The largest absolute Gasteiger partial charge is 0.443 e. The molecular formula is C12H18INO3. The monoisotopic (exact) mass is 351 g/mol. The molecule has 3 fully saturated rings. The Kier molecular flexibility index (Phi) is 3.01. The fourth-order valence-corrected chi connectivity index (χ4v) is 3.46. The first-order chi connectivity index (χ1) is 8.07. The molecule has 0 aromatic carbocycles. The summed E-state index contributed by atoms with van der Waals surface area (Å²) in [6.07, 6.45) is 1.90. The van der Waals surface area contributed by atoms with Crippen molar-refractivity contribution in [1.82, 2.24) is 4.90 Å². The Morgan fingerprint density at radius 3 is 2.47 bits per heavy atom. The quantitative estimate of drug-likeness (QED) is 0.536. The number of amides is 1. The lowest BCUT2D eigenvalue weighted by Crippen LogP contribution is -2.55. The normalized spacial score (nSPS) is 38.7. The van der Waals surface area contributed by atoms with E-state index in [0.717, 1.165) is 39.1 Å². The van der Waals surface area contributed by atoms with Crippen LogP contribution >= 0.6 is 22.6 Å². The van der Waals surface area contributed by atoms with Crippen LogP contribution in [0.2, 0.25) is 0 Å². The highest BCUT2D eigenvalue weighted by Crippen LogP contribution is 2.40. The van der Waals surface area contributed by atoms with Gasteiger partial charge in [-0.2, -0.15) is 0 Å². The molecule has 2 aliphatic heterocycles. The molecule has 2 heterocycles. The summed E-state index contributed by atoms with van der Waals surface area (Å²) in [6, 6.07) is 0. The van der Waals surface area contributed by atoms with Crippen molar-refractivity contribution in [2.75, 3.05) is 26.3 Å². The van der Waals surface area contributed by atoms with E-state index < -0.39 is 0 Å². The molecule has 1 saturated carbocycles. The minimum absolute atomic E-state index is 0.120. The van der Waals surface area contributed by atoms with Gasteiger partial charge in [0.15, 0.2) is 0 Å². The zero-order chi connectivity index (χ0) is 12.0. The van der Waals surface area contributed by atoms with E-state index in [1.54, 1.807) is 0 Å². The molecule has 0 aromatic rings. The Bertz CT molecular complexity index is 318. The third-order valence-electron chi connectivity index (χ3n) is 4.02. The highest BCUT2D eigenvalue weighted by Gasteiger charge is 2.45. The average molecular weight is 351 g/mol. The maximum absolute atomic E-state index is 12.1. The summed E-state index contributed by atoms with van der Waals surface area (Å²) in [4.78, 5) is 13.9. The first-order valence-electron chi connectivity index (χ1n) is 6.27. The van der Waals surface area contributed by atoms with Crippen LogP contribution in [0, 0.1) is 11.8 Å². The van der Waals surface area contributed by atoms with E-state index in [4.69, 9.17) is 9.47 Å². The van der Waals surface area contributed by atoms with Gasteiger partial charge in [0.25, 0.3) is 0 Å². The van der Waals surface area contributed by atoms with Crippen LogP contribution in [0.1, 0.15) is 19.8 Å². The van der Waals surface area contributed by atoms with Crippen molar-refractivity contribution in [1.29, 1.82) is 0 Å². The van der Waals surface area contributed by atoms with E-state index >= 15 is 0 Å². The number of hydrogen-bond acceptors (Lipinski definition) is 3. The van der Waals surface area contributed by atoms with Crippen LogP contribution in [-0.2, 0) is 9.47 Å². The predicted octanol–water partition coefficient (Wildman–Crippen LogP) is 2.06. The molecule has 96 valence electrons. The second kappa shape index (κ2) is 4.26. The summed E-state index contributed by atoms with van der Waals surface area (Å²) < 4.78 is 11.7. The zero-order valence-corrected chi connectivity index (χ0v) is 12.2. The van der Waals surface area contributed by atoms with E-state index in [0.29, 0.717) is 15.8 Å². The van der Waals surface area contributed by atoms with Gasteiger partial charge < -0.3 is 14.4 Å². The number of carbonyl (C=O) groups is 1. The lowest BCUT2D eigenvalue weighted by molar-refractivity contribution is -0.0352. The molecule has 2 saturated heterocycles. The van der Waals surface area contributed by atoms with Crippen LogP contribution < -0.4 is 0 Å². The van der Waals surface area contributed by atoms with Gasteiger partial charge in [0, 0.05) is 28.8 Å². The van der Waals surface area contributed by atoms with E-state index in [1.807, 2.05) is 11.8 Å². The maximum Gasteiger partial charge on any atom is 0.410 e. The van der Waals surface area contributed by atoms with Crippen molar-refractivity contribution in [3.8, 4) is 0 Å². The van der Waals surface area contributed by atoms with E-state index in [1.165, 1.54) is 0 Å². The van der Waals surface area contributed by atoms with E-state index in [2.05, 4.69) is 22.6 Å². The highest BCUT2D eigenvalue weighted by atomic mass is 127. The number of ether oxygens (including phenoxy) is 2. The predicted molar refractivity (Wildman–Crippen MR) is 71.3 cm³/mol. The molecule has 17 heavy (non-hydrogen) atoms. The summed E-state index contributed by atoms with van der Waals surface area (Å²) in [5, 5.41) is 0. The first kappa shape index (κ1) is 12.0. The van der Waals surface area contributed by atoms with Crippen molar-refractivity contribution in [2.24, 2.45) is 11.8 Å². The number of rotatable bonds is 1. The molecule has 3 rings (SSSR count). The van der Waals surface area contributed by atoms with Gasteiger partial charge in [-0.05, 0) is 19.8 Å². The maximum atomic E-state index is 12.1. The Morgan fingerprint density at radius 1 is 1.35 bits per heavy atom. The van der Waals surface area contributed by atoms with E-state index in [-0.39, 0.29) is 11.7 Å². The van der Waals surface area contributed by atoms with Gasteiger partial charge in [0.1, 0.15) is 5.60 Å². The Hall–Kier alpha value is -0.0400. The molecule has 0 spiro atoms. The van der Waals surface area contributed by atoms with Crippen LogP contribution in [-0.4, -0.2) is 46.8 Å². The smallest absolute Gasteiger partial charge is 0.410 e. The van der Waals surface area contributed by atoms with Gasteiger partial charge in [-0.3, -0.25) is 0 Å². The molecule has 5 heteroatoms. The summed E-state index contributed by atoms with van der Waals surface area (Å²) in [5.41, 5.74) is -0.163. The second-order valence-corrected chi connectivity index (χ2v) is 7.16. The number of nitrogens with zero attached hydrogens (tertiary/aromatic N) is 1. The summed E-state index contributed by atoms with van der Waals surface area (Å²) >= 11 is 2.51. The van der Waals surface area contributed by atoms with Crippen LogP contribution in [0.4, 0.5) is 4.79 Å². The molecule has 4 nitrogen and oxygen atoms in total. The molecular weight excluding hydrogens is 333 g/mol. The van der Waals surface area contributed by atoms with Crippen molar-refractivity contribution in [3.63, 3.8) is 0 Å². The summed E-state index contributed by atoms with van der Waals surface area (Å²) in [5.74, 6) is 0.949. The standard InChI is InChI=1S/C12H18INO3/c1-12(2-3-12)17-11(15)14-4-8-6-16-7-9(5-14)10(8)13/h8-10H,2-7H2,1H3. The van der Waals surface area contributed by atoms with Gasteiger partial charge in [0.2, 0.25) is 0 Å². The van der Waals surface area contributed by atoms with E-state index in [9.17, 15) is 4.79 Å². The average Bonchev–Trinajstić information content (AvgIpc) is 2.95. The molecule has 1 amide bonds. The van der Waals surface area contributed by atoms with Crippen LogP contribution in [0.25, 0.3) is 0 Å². The topological polar surface area (TPSA) is 38.8 Å². The summed E-state index contributed by atoms with van der Waals surface area (Å²) in [7, 11) is 0. The fraction of sp³-hybridized carbons (Fsp3) is 0.917.